The first-order valence-corrected chi connectivity index (χ1v) is 5.84. The van der Waals surface area contributed by atoms with Crippen LogP contribution in [0.25, 0.3) is 0 Å². The summed E-state index contributed by atoms with van der Waals surface area (Å²) < 4.78 is 5.22. The van der Waals surface area contributed by atoms with Gasteiger partial charge in [-0.15, -0.1) is 0 Å². The van der Waals surface area contributed by atoms with Crippen LogP contribution in [-0.4, -0.2) is 12.9 Å². The molecular weight excluding hydrogens is 200 g/mol. The standard InChI is InChI=1S/C14H18O2/c1-10(15)7-11-3-4-13-9-14(16-2)6-5-12(13)8-11/h5-6,9,11H,3-4,7-8H2,1-2H3. The summed E-state index contributed by atoms with van der Waals surface area (Å²) in [5, 5.41) is 0. The van der Waals surface area contributed by atoms with Crippen LogP contribution in [0, 0.1) is 5.92 Å². The van der Waals surface area contributed by atoms with Crippen LogP contribution in [0.2, 0.25) is 0 Å². The van der Waals surface area contributed by atoms with E-state index in [1.807, 2.05) is 6.07 Å². The van der Waals surface area contributed by atoms with E-state index >= 15 is 0 Å². The number of carbonyl (C=O) groups excluding carboxylic acids is 1. The van der Waals surface area contributed by atoms with Crippen molar-refractivity contribution in [3.8, 4) is 5.75 Å². The van der Waals surface area contributed by atoms with Gasteiger partial charge in [0.15, 0.2) is 0 Å². The molecule has 0 saturated carbocycles. The molecule has 1 aliphatic carbocycles. The van der Waals surface area contributed by atoms with Crippen molar-refractivity contribution in [2.24, 2.45) is 5.92 Å². The van der Waals surface area contributed by atoms with Crippen LogP contribution in [0.4, 0.5) is 0 Å². The van der Waals surface area contributed by atoms with Crippen molar-refractivity contribution >= 4 is 5.78 Å². The van der Waals surface area contributed by atoms with Gasteiger partial charge in [0.05, 0.1) is 7.11 Å². The Labute approximate surface area is 96.6 Å². The summed E-state index contributed by atoms with van der Waals surface area (Å²) in [4.78, 5) is 11.1. The van der Waals surface area contributed by atoms with Gasteiger partial charge in [0.1, 0.15) is 11.5 Å². The number of carbonyl (C=O) groups is 1. The van der Waals surface area contributed by atoms with Gasteiger partial charge in [-0.25, -0.2) is 0 Å². The number of rotatable bonds is 3. The molecular formula is C14H18O2. The van der Waals surface area contributed by atoms with E-state index < -0.39 is 0 Å². The van der Waals surface area contributed by atoms with Gasteiger partial charge in [-0.05, 0) is 55.4 Å². The predicted molar refractivity (Wildman–Crippen MR) is 63.8 cm³/mol. The Bertz CT molecular complexity index is 396. The van der Waals surface area contributed by atoms with E-state index in [4.69, 9.17) is 4.74 Å². The molecule has 0 spiro atoms. The van der Waals surface area contributed by atoms with Crippen LogP contribution in [-0.2, 0) is 17.6 Å². The van der Waals surface area contributed by atoms with Gasteiger partial charge < -0.3 is 9.53 Å². The van der Waals surface area contributed by atoms with Crippen molar-refractivity contribution in [2.45, 2.75) is 32.6 Å². The second-order valence-electron chi connectivity index (χ2n) is 4.65. The summed E-state index contributed by atoms with van der Waals surface area (Å²) in [6.07, 6.45) is 3.97. The maximum Gasteiger partial charge on any atom is 0.130 e. The largest absolute Gasteiger partial charge is 0.497 e. The number of benzene rings is 1. The van der Waals surface area contributed by atoms with Crippen LogP contribution < -0.4 is 4.74 Å². The highest BCUT2D eigenvalue weighted by Gasteiger charge is 2.19. The molecule has 1 aliphatic rings. The molecule has 86 valence electrons. The van der Waals surface area contributed by atoms with Gasteiger partial charge in [0, 0.05) is 6.42 Å². The van der Waals surface area contributed by atoms with Crippen LogP contribution in [0.1, 0.15) is 30.9 Å². The van der Waals surface area contributed by atoms with Gasteiger partial charge in [-0.1, -0.05) is 6.07 Å². The van der Waals surface area contributed by atoms with E-state index in [9.17, 15) is 4.79 Å². The zero-order valence-corrected chi connectivity index (χ0v) is 9.95. The fourth-order valence-electron chi connectivity index (χ4n) is 2.51. The number of ketones is 1. The molecule has 2 rings (SSSR count). The average Bonchev–Trinajstić information content (AvgIpc) is 2.27. The van der Waals surface area contributed by atoms with Gasteiger partial charge in [-0.2, -0.15) is 0 Å². The highest BCUT2D eigenvalue weighted by atomic mass is 16.5. The van der Waals surface area contributed by atoms with E-state index in [0.717, 1.165) is 31.4 Å². The Morgan fingerprint density at radius 1 is 1.44 bits per heavy atom. The molecule has 0 bridgehead atoms. The zero-order chi connectivity index (χ0) is 11.5. The van der Waals surface area contributed by atoms with Gasteiger partial charge in [-0.3, -0.25) is 0 Å². The van der Waals surface area contributed by atoms with Crippen LogP contribution in [0.5, 0.6) is 5.75 Å². The summed E-state index contributed by atoms with van der Waals surface area (Å²) >= 11 is 0. The lowest BCUT2D eigenvalue weighted by atomic mass is 9.81. The number of Topliss-reactive ketones (excluding diaryl/α,β-unsaturated/α-hetero) is 1. The molecule has 0 radical (unpaired) electrons. The Balaban J connectivity index is 2.12. The quantitative estimate of drug-likeness (QED) is 0.779. The molecule has 0 fully saturated rings. The lowest BCUT2D eigenvalue weighted by molar-refractivity contribution is -0.117. The first kappa shape index (κ1) is 11.2. The molecule has 0 aromatic heterocycles. The minimum atomic E-state index is 0.307. The zero-order valence-electron chi connectivity index (χ0n) is 9.95. The Morgan fingerprint density at radius 3 is 2.94 bits per heavy atom. The normalized spacial score (nSPS) is 19.0. The lowest BCUT2D eigenvalue weighted by Crippen LogP contribution is -2.16. The number of hydrogen-bond acceptors (Lipinski definition) is 2. The second-order valence-corrected chi connectivity index (χ2v) is 4.65. The summed E-state index contributed by atoms with van der Waals surface area (Å²) in [6, 6.07) is 6.27. The van der Waals surface area contributed by atoms with Crippen molar-refractivity contribution in [1.29, 1.82) is 0 Å². The monoisotopic (exact) mass is 218 g/mol. The maximum atomic E-state index is 11.1. The van der Waals surface area contributed by atoms with E-state index in [1.165, 1.54) is 11.1 Å². The SMILES string of the molecule is COc1ccc2c(c1)CCC(CC(C)=O)C2. The van der Waals surface area contributed by atoms with Crippen molar-refractivity contribution in [3.63, 3.8) is 0 Å². The van der Waals surface area contributed by atoms with E-state index in [1.54, 1.807) is 14.0 Å². The first-order chi connectivity index (χ1) is 7.69. The smallest absolute Gasteiger partial charge is 0.130 e. The molecule has 2 heteroatoms. The third kappa shape index (κ3) is 2.43. The van der Waals surface area contributed by atoms with Crippen molar-refractivity contribution in [1.82, 2.24) is 0 Å². The molecule has 16 heavy (non-hydrogen) atoms. The highest BCUT2D eigenvalue weighted by Crippen LogP contribution is 2.30. The van der Waals surface area contributed by atoms with E-state index in [2.05, 4.69) is 12.1 Å². The number of methoxy groups -OCH3 is 1. The molecule has 2 nitrogen and oxygen atoms in total. The molecule has 1 aromatic carbocycles. The number of hydrogen-bond donors (Lipinski definition) is 0. The number of ether oxygens (including phenoxy) is 1. The number of aryl methyl sites for hydroxylation is 1. The average molecular weight is 218 g/mol. The lowest BCUT2D eigenvalue weighted by Gasteiger charge is -2.24. The van der Waals surface area contributed by atoms with Gasteiger partial charge in [0.2, 0.25) is 0 Å². The summed E-state index contributed by atoms with van der Waals surface area (Å²) in [6.45, 7) is 1.68. The van der Waals surface area contributed by atoms with Gasteiger partial charge >= 0.3 is 0 Å². The minimum absolute atomic E-state index is 0.307. The summed E-state index contributed by atoms with van der Waals surface area (Å²) in [5.74, 6) is 1.78. The maximum absolute atomic E-state index is 11.1. The van der Waals surface area contributed by atoms with Crippen LogP contribution in [0.15, 0.2) is 18.2 Å². The predicted octanol–water partition coefficient (Wildman–Crippen LogP) is 2.78. The molecule has 1 atom stereocenters. The second kappa shape index (κ2) is 4.69. The van der Waals surface area contributed by atoms with Crippen LogP contribution in [0.3, 0.4) is 0 Å². The van der Waals surface area contributed by atoms with E-state index in [-0.39, 0.29) is 0 Å². The van der Waals surface area contributed by atoms with Crippen molar-refractivity contribution < 1.29 is 9.53 Å². The first-order valence-electron chi connectivity index (χ1n) is 5.84. The fourth-order valence-corrected chi connectivity index (χ4v) is 2.51. The molecule has 0 amide bonds. The number of fused-ring (bicyclic) bond motifs is 1. The van der Waals surface area contributed by atoms with Crippen molar-refractivity contribution in [2.75, 3.05) is 7.11 Å². The third-order valence-electron chi connectivity index (χ3n) is 3.32. The Morgan fingerprint density at radius 2 is 2.25 bits per heavy atom. The molecule has 0 heterocycles. The summed E-state index contributed by atoms with van der Waals surface area (Å²) in [7, 11) is 1.70. The van der Waals surface area contributed by atoms with Crippen molar-refractivity contribution in [3.05, 3.63) is 29.3 Å². The molecule has 1 aromatic rings. The molecule has 0 aliphatic heterocycles. The Kier molecular flexibility index (Phi) is 3.28. The third-order valence-corrected chi connectivity index (χ3v) is 3.32. The summed E-state index contributed by atoms with van der Waals surface area (Å²) in [5.41, 5.74) is 2.78. The van der Waals surface area contributed by atoms with E-state index in [0.29, 0.717) is 11.7 Å². The topological polar surface area (TPSA) is 26.3 Å². The molecule has 0 N–H and O–H groups in total. The highest BCUT2D eigenvalue weighted by molar-refractivity contribution is 5.75. The molecule has 0 saturated heterocycles. The molecule has 1 unspecified atom stereocenters. The van der Waals surface area contributed by atoms with Crippen LogP contribution >= 0.6 is 0 Å². The van der Waals surface area contributed by atoms with Gasteiger partial charge in [0.25, 0.3) is 0 Å². The minimum Gasteiger partial charge on any atom is -0.497 e. The Hall–Kier alpha value is -1.31. The fraction of sp³-hybridized carbons (Fsp3) is 0.500.